The van der Waals surface area contributed by atoms with Gasteiger partial charge in [0.1, 0.15) is 5.82 Å². The molecule has 126 valence electrons. The quantitative estimate of drug-likeness (QED) is 0.911. The normalized spacial score (nSPS) is 13.3. The van der Waals surface area contributed by atoms with E-state index in [1.54, 1.807) is 0 Å². The zero-order valence-electron chi connectivity index (χ0n) is 14.0. The number of aryl methyl sites for hydroxylation is 2. The fraction of sp³-hybridized carbons (Fsp3) is 0.438. The first kappa shape index (κ1) is 17.6. The van der Waals surface area contributed by atoms with Gasteiger partial charge in [0.15, 0.2) is 0 Å². The zero-order chi connectivity index (χ0) is 17.4. The van der Waals surface area contributed by atoms with Crippen molar-refractivity contribution in [3.05, 3.63) is 46.5 Å². The summed E-state index contributed by atoms with van der Waals surface area (Å²) in [4.78, 5) is 0.0631. The standard InChI is InChI=1S/C16H22FN3O2S/c1-10-8-15(6-7-16(10)17)23(21,22)18-9-11(2)20-14(5)12(3)13(4)19-20/h6-8,11,18H,9H2,1-5H3/t11-/m1/s1. The van der Waals surface area contributed by atoms with E-state index in [0.29, 0.717) is 5.56 Å². The second kappa shape index (κ2) is 6.41. The van der Waals surface area contributed by atoms with E-state index in [4.69, 9.17) is 0 Å². The van der Waals surface area contributed by atoms with Crippen molar-refractivity contribution in [2.75, 3.05) is 6.54 Å². The van der Waals surface area contributed by atoms with Gasteiger partial charge in [0.25, 0.3) is 0 Å². The predicted octanol–water partition coefficient (Wildman–Crippen LogP) is 2.80. The van der Waals surface area contributed by atoms with Crippen LogP contribution in [0.15, 0.2) is 23.1 Å². The number of aromatic nitrogens is 2. The van der Waals surface area contributed by atoms with Gasteiger partial charge in [-0.05, 0) is 63.9 Å². The Balaban J connectivity index is 2.15. The first-order chi connectivity index (χ1) is 10.6. The molecule has 0 bridgehead atoms. The van der Waals surface area contributed by atoms with Crippen molar-refractivity contribution >= 4 is 10.0 Å². The highest BCUT2D eigenvalue weighted by Gasteiger charge is 2.19. The Bertz CT molecular complexity index is 828. The maximum absolute atomic E-state index is 13.3. The van der Waals surface area contributed by atoms with Crippen LogP contribution < -0.4 is 4.72 Å². The number of hydrogen-bond donors (Lipinski definition) is 1. The molecule has 0 spiro atoms. The third-order valence-corrected chi connectivity index (χ3v) is 5.53. The molecule has 0 aliphatic carbocycles. The van der Waals surface area contributed by atoms with Gasteiger partial charge in [0.2, 0.25) is 10.0 Å². The minimum absolute atomic E-state index is 0.0631. The smallest absolute Gasteiger partial charge is 0.240 e. The van der Waals surface area contributed by atoms with Crippen molar-refractivity contribution in [1.29, 1.82) is 0 Å². The first-order valence-corrected chi connectivity index (χ1v) is 8.90. The van der Waals surface area contributed by atoms with Crippen molar-refractivity contribution in [3.63, 3.8) is 0 Å². The van der Waals surface area contributed by atoms with Crippen LogP contribution in [0.5, 0.6) is 0 Å². The lowest BCUT2D eigenvalue weighted by Gasteiger charge is -2.16. The molecule has 2 rings (SSSR count). The topological polar surface area (TPSA) is 64.0 Å². The monoisotopic (exact) mass is 339 g/mol. The molecular weight excluding hydrogens is 317 g/mol. The van der Waals surface area contributed by atoms with Crippen LogP contribution in [-0.2, 0) is 10.0 Å². The Kier molecular flexibility index (Phi) is 4.91. The summed E-state index contributed by atoms with van der Waals surface area (Å²) in [6, 6.07) is 3.63. The Labute approximate surface area is 136 Å². The van der Waals surface area contributed by atoms with Crippen LogP contribution in [0.3, 0.4) is 0 Å². The SMILES string of the molecule is Cc1cc(S(=O)(=O)NC[C@@H](C)n2nc(C)c(C)c2C)ccc1F. The highest BCUT2D eigenvalue weighted by atomic mass is 32.2. The second-order valence-corrected chi connectivity index (χ2v) is 7.62. The lowest BCUT2D eigenvalue weighted by atomic mass is 10.2. The molecule has 0 saturated heterocycles. The summed E-state index contributed by atoms with van der Waals surface area (Å²) < 4.78 is 42.3. The Morgan fingerprint density at radius 1 is 1.26 bits per heavy atom. The zero-order valence-corrected chi connectivity index (χ0v) is 14.8. The van der Waals surface area contributed by atoms with Crippen LogP contribution in [0.4, 0.5) is 4.39 Å². The predicted molar refractivity (Wildman–Crippen MR) is 87.5 cm³/mol. The van der Waals surface area contributed by atoms with E-state index in [1.807, 2.05) is 32.4 Å². The maximum atomic E-state index is 13.3. The van der Waals surface area contributed by atoms with Gasteiger partial charge in [-0.15, -0.1) is 0 Å². The first-order valence-electron chi connectivity index (χ1n) is 7.41. The third-order valence-electron chi connectivity index (χ3n) is 4.11. The molecule has 23 heavy (non-hydrogen) atoms. The molecule has 0 radical (unpaired) electrons. The molecule has 0 amide bonds. The summed E-state index contributed by atoms with van der Waals surface area (Å²) in [6.07, 6.45) is 0. The highest BCUT2D eigenvalue weighted by molar-refractivity contribution is 7.89. The van der Waals surface area contributed by atoms with Crippen molar-refractivity contribution < 1.29 is 12.8 Å². The number of hydrogen-bond acceptors (Lipinski definition) is 3. The summed E-state index contributed by atoms with van der Waals surface area (Å²) in [5.41, 5.74) is 3.36. The Morgan fingerprint density at radius 2 is 1.91 bits per heavy atom. The van der Waals surface area contributed by atoms with Crippen molar-refractivity contribution in [3.8, 4) is 0 Å². The number of halogens is 1. The molecule has 0 aliphatic heterocycles. The van der Waals surface area contributed by atoms with E-state index >= 15 is 0 Å². The largest absolute Gasteiger partial charge is 0.265 e. The number of nitrogens with one attached hydrogen (secondary N) is 1. The van der Waals surface area contributed by atoms with Crippen molar-refractivity contribution in [2.45, 2.75) is 45.6 Å². The average Bonchev–Trinajstić information content (AvgIpc) is 2.75. The summed E-state index contributed by atoms with van der Waals surface area (Å²) in [7, 11) is -3.68. The minimum Gasteiger partial charge on any atom is -0.265 e. The molecule has 0 unspecified atom stereocenters. The van der Waals surface area contributed by atoms with E-state index in [-0.39, 0.29) is 17.5 Å². The highest BCUT2D eigenvalue weighted by Crippen LogP contribution is 2.17. The van der Waals surface area contributed by atoms with Gasteiger partial charge >= 0.3 is 0 Å². The van der Waals surface area contributed by atoms with Crippen LogP contribution in [0.1, 0.15) is 35.5 Å². The van der Waals surface area contributed by atoms with E-state index in [0.717, 1.165) is 23.0 Å². The fourth-order valence-corrected chi connectivity index (χ4v) is 3.57. The molecule has 0 fully saturated rings. The molecule has 1 aromatic heterocycles. The molecule has 0 saturated carbocycles. The molecule has 5 nitrogen and oxygen atoms in total. The number of rotatable bonds is 5. The maximum Gasteiger partial charge on any atom is 0.240 e. The average molecular weight is 339 g/mol. The van der Waals surface area contributed by atoms with Crippen LogP contribution in [0, 0.1) is 33.5 Å². The molecule has 1 aromatic carbocycles. The third kappa shape index (κ3) is 3.61. The van der Waals surface area contributed by atoms with Crippen LogP contribution in [-0.4, -0.2) is 24.7 Å². The number of sulfonamides is 1. The van der Waals surface area contributed by atoms with Crippen LogP contribution in [0.25, 0.3) is 0 Å². The lowest BCUT2D eigenvalue weighted by molar-refractivity contribution is 0.467. The summed E-state index contributed by atoms with van der Waals surface area (Å²) in [5.74, 6) is -0.421. The van der Waals surface area contributed by atoms with E-state index in [9.17, 15) is 12.8 Å². The molecular formula is C16H22FN3O2S. The second-order valence-electron chi connectivity index (χ2n) is 5.85. The molecule has 1 N–H and O–H groups in total. The van der Waals surface area contributed by atoms with Crippen LogP contribution in [0.2, 0.25) is 0 Å². The van der Waals surface area contributed by atoms with Gasteiger partial charge in [0.05, 0.1) is 16.6 Å². The van der Waals surface area contributed by atoms with E-state index in [1.165, 1.54) is 19.1 Å². The lowest BCUT2D eigenvalue weighted by Crippen LogP contribution is -2.30. The molecule has 1 heterocycles. The van der Waals surface area contributed by atoms with Gasteiger partial charge in [-0.3, -0.25) is 4.68 Å². The Morgan fingerprint density at radius 3 is 2.43 bits per heavy atom. The number of nitrogens with zero attached hydrogens (tertiary/aromatic N) is 2. The minimum atomic E-state index is -3.68. The van der Waals surface area contributed by atoms with E-state index < -0.39 is 15.8 Å². The summed E-state index contributed by atoms with van der Waals surface area (Å²) >= 11 is 0. The van der Waals surface area contributed by atoms with Gasteiger partial charge in [0, 0.05) is 12.2 Å². The van der Waals surface area contributed by atoms with Gasteiger partial charge < -0.3 is 0 Å². The molecule has 0 aliphatic rings. The van der Waals surface area contributed by atoms with Gasteiger partial charge in [-0.25, -0.2) is 17.5 Å². The summed E-state index contributed by atoms with van der Waals surface area (Å²) in [5, 5.41) is 4.44. The number of benzene rings is 1. The molecule has 7 heteroatoms. The van der Waals surface area contributed by atoms with Gasteiger partial charge in [-0.2, -0.15) is 5.10 Å². The van der Waals surface area contributed by atoms with Crippen molar-refractivity contribution in [1.82, 2.24) is 14.5 Å². The van der Waals surface area contributed by atoms with Crippen molar-refractivity contribution in [2.24, 2.45) is 0 Å². The van der Waals surface area contributed by atoms with Gasteiger partial charge in [-0.1, -0.05) is 0 Å². The van der Waals surface area contributed by atoms with E-state index in [2.05, 4.69) is 9.82 Å². The Hall–Kier alpha value is -1.73. The molecule has 2 aromatic rings. The van der Waals surface area contributed by atoms with Crippen LogP contribution >= 0.6 is 0 Å². The molecule has 1 atom stereocenters. The summed E-state index contributed by atoms with van der Waals surface area (Å²) in [6.45, 7) is 9.53. The fourth-order valence-electron chi connectivity index (χ4n) is 2.36.